The van der Waals surface area contributed by atoms with Gasteiger partial charge in [0.05, 0.1) is 12.2 Å². The Morgan fingerprint density at radius 2 is 2.00 bits per heavy atom. The van der Waals surface area contributed by atoms with Crippen molar-refractivity contribution in [1.29, 1.82) is 0 Å². The number of carbonyl (C=O) groups excluding carboxylic acids is 1. The van der Waals surface area contributed by atoms with Crippen molar-refractivity contribution in [3.63, 3.8) is 0 Å². The van der Waals surface area contributed by atoms with E-state index in [2.05, 4.69) is 5.32 Å². The van der Waals surface area contributed by atoms with Crippen LogP contribution < -0.4 is 5.32 Å². The highest BCUT2D eigenvalue weighted by atomic mass is 19.4. The van der Waals surface area contributed by atoms with Crippen molar-refractivity contribution >= 4 is 11.7 Å². The molecule has 1 N–H and O–H groups in total. The van der Waals surface area contributed by atoms with Crippen molar-refractivity contribution in [2.45, 2.75) is 38.8 Å². The summed E-state index contributed by atoms with van der Waals surface area (Å²) < 4.78 is 42.4. The number of nitrogens with one attached hydrogen (secondary N) is 1. The summed E-state index contributed by atoms with van der Waals surface area (Å²) in [5.74, 6) is -0.205. The monoisotopic (exact) mass is 303 g/mol. The minimum absolute atomic E-state index is 0.205. The molecule has 0 heterocycles. The maximum Gasteiger partial charge on any atom is 0.416 e. The van der Waals surface area contributed by atoms with Gasteiger partial charge in [0.2, 0.25) is 0 Å². The molecule has 1 aromatic rings. The van der Waals surface area contributed by atoms with Crippen molar-refractivity contribution in [2.75, 3.05) is 18.5 Å². The van der Waals surface area contributed by atoms with Crippen LogP contribution in [0.25, 0.3) is 0 Å². The molecule has 0 saturated carbocycles. The first-order valence-electron chi connectivity index (χ1n) is 7.00. The van der Waals surface area contributed by atoms with E-state index in [0.29, 0.717) is 25.3 Å². The number of ether oxygens (including phenoxy) is 1. The first-order valence-corrected chi connectivity index (χ1v) is 7.00. The molecular weight excluding hydrogens is 283 g/mol. The normalized spacial score (nSPS) is 11.2. The Kier molecular flexibility index (Phi) is 7.05. The number of hydrogen-bond donors (Lipinski definition) is 1. The average Bonchev–Trinajstić information content (AvgIpc) is 2.42. The van der Waals surface area contributed by atoms with E-state index in [1.807, 2.05) is 0 Å². The SMILES string of the molecule is CCOC(=O)CCCCCNc1cccc(C(F)(F)F)c1. The van der Waals surface area contributed by atoms with Crippen LogP contribution >= 0.6 is 0 Å². The lowest BCUT2D eigenvalue weighted by Crippen LogP contribution is -2.07. The summed E-state index contributed by atoms with van der Waals surface area (Å²) in [5, 5.41) is 2.95. The smallest absolute Gasteiger partial charge is 0.416 e. The van der Waals surface area contributed by atoms with Gasteiger partial charge >= 0.3 is 12.1 Å². The summed E-state index contributed by atoms with van der Waals surface area (Å²) >= 11 is 0. The van der Waals surface area contributed by atoms with Gasteiger partial charge in [-0.25, -0.2) is 0 Å². The molecule has 21 heavy (non-hydrogen) atoms. The van der Waals surface area contributed by atoms with Crippen molar-refractivity contribution in [3.05, 3.63) is 29.8 Å². The molecule has 0 saturated heterocycles. The number of anilines is 1. The third-order valence-corrected chi connectivity index (χ3v) is 2.88. The van der Waals surface area contributed by atoms with Crippen LogP contribution in [0.4, 0.5) is 18.9 Å². The summed E-state index contributed by atoms with van der Waals surface area (Å²) in [6.45, 7) is 2.72. The molecule has 0 bridgehead atoms. The molecule has 0 amide bonds. The number of rotatable bonds is 8. The van der Waals surface area contributed by atoms with Gasteiger partial charge in [0.1, 0.15) is 0 Å². The molecule has 0 aliphatic carbocycles. The summed E-state index contributed by atoms with van der Waals surface area (Å²) in [6.07, 6.45) is -1.60. The Morgan fingerprint density at radius 1 is 1.24 bits per heavy atom. The second-order valence-electron chi connectivity index (χ2n) is 4.62. The lowest BCUT2D eigenvalue weighted by molar-refractivity contribution is -0.143. The Bertz CT molecular complexity index is 447. The predicted molar refractivity (Wildman–Crippen MR) is 75.0 cm³/mol. The molecule has 118 valence electrons. The van der Waals surface area contributed by atoms with Crippen LogP contribution in [0.15, 0.2) is 24.3 Å². The van der Waals surface area contributed by atoms with Gasteiger partial charge < -0.3 is 10.1 Å². The van der Waals surface area contributed by atoms with E-state index in [1.54, 1.807) is 13.0 Å². The molecule has 6 heteroatoms. The zero-order chi connectivity index (χ0) is 15.7. The Labute approximate surface area is 122 Å². The molecule has 0 spiro atoms. The first kappa shape index (κ1) is 17.3. The molecule has 0 fully saturated rings. The summed E-state index contributed by atoms with van der Waals surface area (Å²) in [4.78, 5) is 11.1. The van der Waals surface area contributed by atoms with Crippen molar-refractivity contribution in [3.8, 4) is 0 Å². The molecule has 1 aromatic carbocycles. The van der Waals surface area contributed by atoms with Crippen molar-refractivity contribution in [2.24, 2.45) is 0 Å². The number of halogens is 3. The number of esters is 1. The van der Waals surface area contributed by atoms with Crippen LogP contribution in [0.5, 0.6) is 0 Å². The summed E-state index contributed by atoms with van der Waals surface area (Å²) in [6, 6.07) is 5.13. The van der Waals surface area contributed by atoms with E-state index in [9.17, 15) is 18.0 Å². The van der Waals surface area contributed by atoms with Crippen LogP contribution in [-0.2, 0) is 15.7 Å². The summed E-state index contributed by atoms with van der Waals surface area (Å²) in [7, 11) is 0. The third kappa shape index (κ3) is 7.02. The first-order chi connectivity index (χ1) is 9.93. The third-order valence-electron chi connectivity index (χ3n) is 2.88. The van der Waals surface area contributed by atoms with E-state index in [-0.39, 0.29) is 5.97 Å². The van der Waals surface area contributed by atoms with Crippen LogP contribution in [0.1, 0.15) is 38.2 Å². The molecule has 0 aliphatic heterocycles. The minimum atomic E-state index is -4.32. The molecule has 0 unspecified atom stereocenters. The second-order valence-corrected chi connectivity index (χ2v) is 4.62. The molecular formula is C15H20F3NO2. The molecule has 1 rings (SSSR count). The van der Waals surface area contributed by atoms with Gasteiger partial charge in [-0.2, -0.15) is 13.2 Å². The summed E-state index contributed by atoms with van der Waals surface area (Å²) in [5.41, 5.74) is -0.204. The van der Waals surface area contributed by atoms with Crippen LogP contribution in [0.2, 0.25) is 0 Å². The lowest BCUT2D eigenvalue weighted by Gasteiger charge is -2.10. The average molecular weight is 303 g/mol. The molecule has 0 atom stereocenters. The van der Waals surface area contributed by atoms with Crippen LogP contribution in [0.3, 0.4) is 0 Å². The van der Waals surface area contributed by atoms with Gasteiger partial charge in [-0.15, -0.1) is 0 Å². The zero-order valence-electron chi connectivity index (χ0n) is 12.0. The van der Waals surface area contributed by atoms with Gasteiger partial charge in [-0.3, -0.25) is 4.79 Å². The van der Waals surface area contributed by atoms with Gasteiger partial charge in [0.25, 0.3) is 0 Å². The highest BCUT2D eigenvalue weighted by Gasteiger charge is 2.30. The molecule has 0 radical (unpaired) electrons. The number of carbonyl (C=O) groups is 1. The quantitative estimate of drug-likeness (QED) is 0.576. The number of hydrogen-bond acceptors (Lipinski definition) is 3. The van der Waals surface area contributed by atoms with Gasteiger partial charge in [-0.1, -0.05) is 12.5 Å². The van der Waals surface area contributed by atoms with Crippen LogP contribution in [-0.4, -0.2) is 19.1 Å². The predicted octanol–water partition coefficient (Wildman–Crippen LogP) is 4.24. The fourth-order valence-corrected chi connectivity index (χ4v) is 1.84. The minimum Gasteiger partial charge on any atom is -0.466 e. The maximum atomic E-state index is 12.5. The van der Waals surface area contributed by atoms with E-state index < -0.39 is 11.7 Å². The fourth-order valence-electron chi connectivity index (χ4n) is 1.84. The topological polar surface area (TPSA) is 38.3 Å². The highest BCUT2D eigenvalue weighted by Crippen LogP contribution is 2.30. The van der Waals surface area contributed by atoms with Gasteiger partial charge in [-0.05, 0) is 38.0 Å². The number of unbranched alkanes of at least 4 members (excludes halogenated alkanes) is 2. The van der Waals surface area contributed by atoms with Crippen molar-refractivity contribution in [1.82, 2.24) is 0 Å². The molecule has 3 nitrogen and oxygen atoms in total. The number of benzene rings is 1. The van der Waals surface area contributed by atoms with E-state index >= 15 is 0 Å². The largest absolute Gasteiger partial charge is 0.466 e. The Balaban J connectivity index is 2.23. The molecule has 0 aliphatic rings. The van der Waals surface area contributed by atoms with E-state index in [1.165, 1.54) is 6.07 Å². The fraction of sp³-hybridized carbons (Fsp3) is 0.533. The maximum absolute atomic E-state index is 12.5. The Morgan fingerprint density at radius 3 is 2.67 bits per heavy atom. The van der Waals surface area contributed by atoms with E-state index in [4.69, 9.17) is 4.74 Å². The van der Waals surface area contributed by atoms with Gasteiger partial charge in [0, 0.05) is 18.7 Å². The van der Waals surface area contributed by atoms with Gasteiger partial charge in [0.15, 0.2) is 0 Å². The molecule has 0 aromatic heterocycles. The standard InChI is InChI=1S/C15H20F3NO2/c1-2-21-14(20)9-4-3-5-10-19-13-8-6-7-12(11-13)15(16,17)18/h6-8,11,19H,2-5,9-10H2,1H3. The van der Waals surface area contributed by atoms with Crippen molar-refractivity contribution < 1.29 is 22.7 Å². The second kappa shape index (κ2) is 8.54. The Hall–Kier alpha value is -1.72. The van der Waals surface area contributed by atoms with E-state index in [0.717, 1.165) is 31.4 Å². The number of alkyl halides is 3. The zero-order valence-corrected chi connectivity index (χ0v) is 12.0. The lowest BCUT2D eigenvalue weighted by atomic mass is 10.1. The highest BCUT2D eigenvalue weighted by molar-refractivity contribution is 5.69. The van der Waals surface area contributed by atoms with Crippen LogP contribution in [0, 0.1) is 0 Å².